The lowest BCUT2D eigenvalue weighted by Crippen LogP contribution is -2.14. The number of pyridine rings is 1. The van der Waals surface area contributed by atoms with Gasteiger partial charge < -0.3 is 15.8 Å². The Balaban J connectivity index is 1.74. The minimum absolute atomic E-state index is 0.0919. The fraction of sp³-hybridized carbons (Fsp3) is 0.0435. The maximum absolute atomic E-state index is 14.4. The molecule has 0 fully saturated rings. The summed E-state index contributed by atoms with van der Waals surface area (Å²) in [5.74, 6) is -0.580. The van der Waals surface area contributed by atoms with Crippen LogP contribution >= 0.6 is 11.6 Å². The third kappa shape index (κ3) is 4.81. The first-order valence-corrected chi connectivity index (χ1v) is 9.89. The van der Waals surface area contributed by atoms with E-state index in [9.17, 15) is 9.18 Å². The van der Waals surface area contributed by atoms with Crippen LogP contribution < -0.4 is 15.8 Å². The van der Waals surface area contributed by atoms with E-state index in [4.69, 9.17) is 22.1 Å². The molecule has 0 aliphatic rings. The first-order chi connectivity index (χ1) is 15.5. The fourth-order valence-corrected chi connectivity index (χ4v) is 3.10. The van der Waals surface area contributed by atoms with E-state index >= 15 is 0 Å². The highest BCUT2D eigenvalue weighted by Crippen LogP contribution is 2.31. The molecule has 2 aromatic heterocycles. The Hall–Kier alpha value is -4.04. The van der Waals surface area contributed by atoms with E-state index in [1.165, 1.54) is 36.8 Å². The van der Waals surface area contributed by atoms with Crippen LogP contribution in [-0.2, 0) is 6.61 Å². The molecule has 0 bridgehead atoms. The summed E-state index contributed by atoms with van der Waals surface area (Å²) in [6, 6.07) is 15.2. The van der Waals surface area contributed by atoms with Crippen molar-refractivity contribution < 1.29 is 13.9 Å². The smallest absolute Gasteiger partial charge is 0.252 e. The molecule has 32 heavy (non-hydrogen) atoms. The van der Waals surface area contributed by atoms with Crippen molar-refractivity contribution in [2.75, 3.05) is 5.32 Å². The van der Waals surface area contributed by atoms with E-state index < -0.39 is 11.7 Å². The van der Waals surface area contributed by atoms with Gasteiger partial charge in [-0.2, -0.15) is 0 Å². The van der Waals surface area contributed by atoms with Crippen molar-refractivity contribution in [3.8, 4) is 17.1 Å². The molecule has 4 aromatic rings. The predicted octanol–water partition coefficient (Wildman–Crippen LogP) is 4.75. The molecular weight excluding hydrogens is 433 g/mol. The topological polar surface area (TPSA) is 103 Å². The van der Waals surface area contributed by atoms with Gasteiger partial charge in [0.2, 0.25) is 0 Å². The van der Waals surface area contributed by atoms with Gasteiger partial charge >= 0.3 is 0 Å². The second-order valence-corrected chi connectivity index (χ2v) is 7.15. The number of nitrogens with zero attached hydrogens (tertiary/aromatic N) is 3. The van der Waals surface area contributed by atoms with Crippen molar-refractivity contribution in [3.05, 3.63) is 95.2 Å². The van der Waals surface area contributed by atoms with Crippen molar-refractivity contribution in [3.63, 3.8) is 0 Å². The monoisotopic (exact) mass is 449 g/mol. The number of benzene rings is 2. The lowest BCUT2D eigenvalue weighted by atomic mass is 10.2. The van der Waals surface area contributed by atoms with E-state index in [2.05, 4.69) is 20.3 Å². The number of primary amides is 1. The lowest BCUT2D eigenvalue weighted by Gasteiger charge is -2.15. The molecule has 1 amide bonds. The number of carbonyl (C=O) groups excluding carboxylic acids is 1. The Bertz CT molecular complexity index is 1270. The van der Waals surface area contributed by atoms with Crippen LogP contribution in [0.3, 0.4) is 0 Å². The van der Waals surface area contributed by atoms with Gasteiger partial charge in [0.25, 0.3) is 5.91 Å². The molecule has 2 heterocycles. The largest absolute Gasteiger partial charge is 0.483 e. The summed E-state index contributed by atoms with van der Waals surface area (Å²) < 4.78 is 20.3. The van der Waals surface area contributed by atoms with Gasteiger partial charge in [-0.05, 0) is 29.8 Å². The van der Waals surface area contributed by atoms with E-state index in [0.717, 1.165) is 5.56 Å². The zero-order chi connectivity index (χ0) is 22.5. The molecule has 0 atom stereocenters. The normalized spacial score (nSPS) is 10.6. The summed E-state index contributed by atoms with van der Waals surface area (Å²) in [7, 11) is 0. The fourth-order valence-electron chi connectivity index (χ4n) is 2.93. The summed E-state index contributed by atoms with van der Waals surface area (Å²) in [5.41, 5.74) is 7.04. The molecule has 0 unspecified atom stereocenters. The molecule has 0 aliphatic heterocycles. The Morgan fingerprint density at radius 1 is 1.12 bits per heavy atom. The molecule has 0 spiro atoms. The molecule has 160 valence electrons. The van der Waals surface area contributed by atoms with Crippen LogP contribution in [-0.4, -0.2) is 20.9 Å². The number of nitrogens with two attached hydrogens (primary N) is 1. The lowest BCUT2D eigenvalue weighted by molar-refractivity contribution is 0.100. The van der Waals surface area contributed by atoms with Crippen LogP contribution in [0.2, 0.25) is 5.02 Å². The number of rotatable bonds is 7. The Labute approximate surface area is 188 Å². The number of aromatic nitrogens is 3. The maximum atomic E-state index is 14.4. The molecule has 7 nitrogen and oxygen atoms in total. The molecular formula is C23H17ClFN5O2. The first-order valence-electron chi connectivity index (χ1n) is 9.51. The van der Waals surface area contributed by atoms with Crippen molar-refractivity contribution in [1.82, 2.24) is 15.0 Å². The SMILES string of the molecule is NC(=O)c1cnccc1Nc1nc(-c2cc(Cl)ccc2F)ncc1OCc1ccccc1. The zero-order valence-electron chi connectivity index (χ0n) is 16.6. The predicted molar refractivity (Wildman–Crippen MR) is 119 cm³/mol. The number of halogens is 2. The van der Waals surface area contributed by atoms with Crippen LogP contribution in [0.25, 0.3) is 11.4 Å². The molecule has 9 heteroatoms. The van der Waals surface area contributed by atoms with Crippen molar-refractivity contribution in [1.29, 1.82) is 0 Å². The molecule has 0 aliphatic carbocycles. The number of anilines is 2. The Morgan fingerprint density at radius 3 is 2.72 bits per heavy atom. The maximum Gasteiger partial charge on any atom is 0.252 e. The van der Waals surface area contributed by atoms with Gasteiger partial charge in [-0.25, -0.2) is 14.4 Å². The van der Waals surface area contributed by atoms with E-state index in [-0.39, 0.29) is 29.4 Å². The standard InChI is InChI=1S/C23H17ClFN5O2/c24-15-6-7-18(25)16(10-15)22-28-12-20(32-13-14-4-2-1-3-5-14)23(30-22)29-19-8-9-27-11-17(19)21(26)31/h1-12H,13H2,(H2,26,31)(H,27,28,29,30). The second-order valence-electron chi connectivity index (χ2n) is 6.72. The quantitative estimate of drug-likeness (QED) is 0.422. The number of nitrogens with one attached hydrogen (secondary N) is 1. The molecule has 4 rings (SSSR count). The van der Waals surface area contributed by atoms with Crippen molar-refractivity contribution in [2.24, 2.45) is 5.73 Å². The third-order valence-corrected chi connectivity index (χ3v) is 4.74. The Morgan fingerprint density at radius 2 is 1.94 bits per heavy atom. The van der Waals surface area contributed by atoms with Crippen molar-refractivity contribution >= 4 is 29.0 Å². The molecule has 2 aromatic carbocycles. The van der Waals surface area contributed by atoms with Crippen LogP contribution in [0, 0.1) is 5.82 Å². The van der Waals surface area contributed by atoms with Crippen LogP contribution in [0.1, 0.15) is 15.9 Å². The van der Waals surface area contributed by atoms with Crippen LogP contribution in [0.15, 0.2) is 73.2 Å². The van der Waals surface area contributed by atoms with E-state index in [1.807, 2.05) is 30.3 Å². The van der Waals surface area contributed by atoms with Gasteiger partial charge in [0.1, 0.15) is 12.4 Å². The van der Waals surface area contributed by atoms with Gasteiger partial charge in [-0.1, -0.05) is 41.9 Å². The summed E-state index contributed by atoms with van der Waals surface area (Å²) in [6.07, 6.45) is 4.27. The van der Waals surface area contributed by atoms with Gasteiger partial charge in [-0.3, -0.25) is 9.78 Å². The minimum atomic E-state index is -0.664. The second kappa shape index (κ2) is 9.40. The number of amides is 1. The third-order valence-electron chi connectivity index (χ3n) is 4.50. The van der Waals surface area contributed by atoms with Gasteiger partial charge in [0.05, 0.1) is 23.0 Å². The number of carbonyl (C=O) groups is 1. The molecule has 3 N–H and O–H groups in total. The summed E-state index contributed by atoms with van der Waals surface area (Å²) in [6.45, 7) is 0.253. The highest BCUT2D eigenvalue weighted by Gasteiger charge is 2.16. The summed E-state index contributed by atoms with van der Waals surface area (Å²) in [5, 5.41) is 3.37. The first kappa shape index (κ1) is 21.2. The highest BCUT2D eigenvalue weighted by molar-refractivity contribution is 6.30. The van der Waals surface area contributed by atoms with Crippen LogP contribution in [0.4, 0.5) is 15.9 Å². The summed E-state index contributed by atoms with van der Waals surface area (Å²) in [4.78, 5) is 24.4. The average Bonchev–Trinajstić information content (AvgIpc) is 2.80. The number of hydrogen-bond acceptors (Lipinski definition) is 6. The van der Waals surface area contributed by atoms with Gasteiger partial charge in [0.15, 0.2) is 17.4 Å². The van der Waals surface area contributed by atoms with E-state index in [1.54, 1.807) is 6.07 Å². The minimum Gasteiger partial charge on any atom is -0.483 e. The molecule has 0 saturated heterocycles. The van der Waals surface area contributed by atoms with Gasteiger partial charge in [0, 0.05) is 17.4 Å². The molecule has 0 radical (unpaired) electrons. The molecule has 0 saturated carbocycles. The number of ether oxygens (including phenoxy) is 1. The zero-order valence-corrected chi connectivity index (χ0v) is 17.4. The van der Waals surface area contributed by atoms with Gasteiger partial charge in [-0.15, -0.1) is 0 Å². The van der Waals surface area contributed by atoms with Crippen molar-refractivity contribution in [2.45, 2.75) is 6.61 Å². The van der Waals surface area contributed by atoms with Crippen LogP contribution in [0.5, 0.6) is 5.75 Å². The Kier molecular flexibility index (Phi) is 6.23. The summed E-state index contributed by atoms with van der Waals surface area (Å²) >= 11 is 6.02. The average molecular weight is 450 g/mol. The van der Waals surface area contributed by atoms with E-state index in [0.29, 0.717) is 16.5 Å². The number of hydrogen-bond donors (Lipinski definition) is 2. The highest BCUT2D eigenvalue weighted by atomic mass is 35.5.